The third-order valence-corrected chi connectivity index (χ3v) is 6.44. The number of nitrogens with zero attached hydrogens (tertiary/aromatic N) is 2. The van der Waals surface area contributed by atoms with Gasteiger partial charge in [-0.15, -0.1) is 0 Å². The number of anilines is 1. The van der Waals surface area contributed by atoms with Crippen LogP contribution in [0.3, 0.4) is 0 Å². The summed E-state index contributed by atoms with van der Waals surface area (Å²) < 4.78 is 5.60. The maximum atomic E-state index is 13.0. The van der Waals surface area contributed by atoms with Gasteiger partial charge in [0.05, 0.1) is 32.8 Å². The maximum Gasteiger partial charge on any atom is 0.254 e. The van der Waals surface area contributed by atoms with E-state index < -0.39 is 0 Å². The van der Waals surface area contributed by atoms with E-state index in [0.29, 0.717) is 12.0 Å². The average Bonchev–Trinajstić information content (AvgIpc) is 3.42. The lowest BCUT2D eigenvalue weighted by molar-refractivity contribution is -0.917. The fourth-order valence-electron chi connectivity index (χ4n) is 4.75. The number of rotatable bonds is 4. The molecule has 2 amide bonds. The summed E-state index contributed by atoms with van der Waals surface area (Å²) in [5.41, 5.74) is 4.18. The molecule has 0 radical (unpaired) electrons. The van der Waals surface area contributed by atoms with Crippen molar-refractivity contribution in [2.45, 2.75) is 25.8 Å². The molecular formula is C24H28N3O3+. The van der Waals surface area contributed by atoms with Crippen LogP contribution in [0.4, 0.5) is 5.69 Å². The molecule has 0 saturated carbocycles. The van der Waals surface area contributed by atoms with Crippen LogP contribution in [0.15, 0.2) is 42.5 Å². The molecule has 2 saturated heterocycles. The van der Waals surface area contributed by atoms with E-state index in [9.17, 15) is 9.59 Å². The van der Waals surface area contributed by atoms with Crippen LogP contribution in [0.5, 0.6) is 5.75 Å². The number of piperazine rings is 1. The fourth-order valence-corrected chi connectivity index (χ4v) is 4.75. The number of amides is 2. The van der Waals surface area contributed by atoms with Crippen LogP contribution in [-0.4, -0.2) is 56.0 Å². The molecule has 3 heterocycles. The Hall–Kier alpha value is -2.86. The molecular weight excluding hydrogens is 378 g/mol. The van der Waals surface area contributed by atoms with Gasteiger partial charge in [-0.3, -0.25) is 9.59 Å². The zero-order valence-corrected chi connectivity index (χ0v) is 17.2. The largest absolute Gasteiger partial charge is 0.493 e. The summed E-state index contributed by atoms with van der Waals surface area (Å²) in [6, 6.07) is 14.1. The minimum Gasteiger partial charge on any atom is -0.493 e. The van der Waals surface area contributed by atoms with E-state index in [1.807, 2.05) is 29.2 Å². The Morgan fingerprint density at radius 1 is 1.03 bits per heavy atom. The van der Waals surface area contributed by atoms with Crippen LogP contribution in [0.1, 0.15) is 34.3 Å². The van der Waals surface area contributed by atoms with Crippen LogP contribution >= 0.6 is 0 Å². The third kappa shape index (κ3) is 3.79. The molecule has 30 heavy (non-hydrogen) atoms. The normalized spacial score (nSPS) is 19.1. The van der Waals surface area contributed by atoms with E-state index in [4.69, 9.17) is 4.74 Å². The molecule has 0 atom stereocenters. The molecule has 0 aromatic heterocycles. The Bertz CT molecular complexity index is 966. The maximum absolute atomic E-state index is 13.0. The van der Waals surface area contributed by atoms with E-state index in [1.54, 1.807) is 4.90 Å². The van der Waals surface area contributed by atoms with Crippen molar-refractivity contribution in [3.63, 3.8) is 0 Å². The van der Waals surface area contributed by atoms with E-state index >= 15 is 0 Å². The second-order valence-electron chi connectivity index (χ2n) is 8.46. The monoisotopic (exact) mass is 406 g/mol. The topological polar surface area (TPSA) is 54.3 Å². The molecule has 5 rings (SSSR count). The van der Waals surface area contributed by atoms with E-state index in [1.165, 1.54) is 16.0 Å². The average molecular weight is 407 g/mol. The predicted octanol–water partition coefficient (Wildman–Crippen LogP) is 1.29. The molecule has 156 valence electrons. The minimum absolute atomic E-state index is 0.0669. The van der Waals surface area contributed by atoms with Crippen molar-refractivity contribution < 1.29 is 19.2 Å². The first-order valence-electron chi connectivity index (χ1n) is 11.0. The number of carbonyl (C=O) groups is 2. The van der Waals surface area contributed by atoms with Crippen molar-refractivity contribution >= 4 is 17.5 Å². The van der Waals surface area contributed by atoms with Gasteiger partial charge in [0, 0.05) is 36.2 Å². The van der Waals surface area contributed by atoms with Crippen LogP contribution in [0.25, 0.3) is 0 Å². The Kier molecular flexibility index (Phi) is 5.17. The Labute approximate surface area is 177 Å². The third-order valence-electron chi connectivity index (χ3n) is 6.44. The lowest BCUT2D eigenvalue weighted by atomic mass is 10.1. The summed E-state index contributed by atoms with van der Waals surface area (Å²) in [7, 11) is 0. The van der Waals surface area contributed by atoms with Crippen LogP contribution in [0, 0.1) is 0 Å². The smallest absolute Gasteiger partial charge is 0.254 e. The molecule has 6 heteroatoms. The molecule has 6 nitrogen and oxygen atoms in total. The second-order valence-corrected chi connectivity index (χ2v) is 8.46. The summed E-state index contributed by atoms with van der Waals surface area (Å²) in [5, 5.41) is 0. The number of nitrogens with one attached hydrogen (secondary N) is 1. The first-order valence-corrected chi connectivity index (χ1v) is 11.0. The van der Waals surface area contributed by atoms with Crippen molar-refractivity contribution in [2.24, 2.45) is 0 Å². The van der Waals surface area contributed by atoms with Crippen molar-refractivity contribution in [3.05, 3.63) is 59.2 Å². The molecule has 3 aliphatic rings. The van der Waals surface area contributed by atoms with Gasteiger partial charge in [-0.2, -0.15) is 0 Å². The van der Waals surface area contributed by atoms with Gasteiger partial charge in [-0.1, -0.05) is 6.07 Å². The zero-order valence-electron chi connectivity index (χ0n) is 17.2. The number of benzene rings is 2. The number of ether oxygens (including phenoxy) is 1. The molecule has 0 bridgehead atoms. The van der Waals surface area contributed by atoms with Crippen LogP contribution in [-0.2, 0) is 17.8 Å². The Morgan fingerprint density at radius 3 is 2.70 bits per heavy atom. The van der Waals surface area contributed by atoms with E-state index in [-0.39, 0.29) is 11.8 Å². The Balaban J connectivity index is 1.19. The minimum atomic E-state index is 0.0669. The summed E-state index contributed by atoms with van der Waals surface area (Å²) >= 11 is 0. The summed E-state index contributed by atoms with van der Waals surface area (Å²) in [5.74, 6) is 1.24. The summed E-state index contributed by atoms with van der Waals surface area (Å²) in [6.07, 6.45) is 2.49. The van der Waals surface area contributed by atoms with E-state index in [2.05, 4.69) is 18.2 Å². The van der Waals surface area contributed by atoms with Gasteiger partial charge in [0.25, 0.3) is 5.91 Å². The Morgan fingerprint density at radius 2 is 1.90 bits per heavy atom. The lowest BCUT2D eigenvalue weighted by Gasteiger charge is -2.32. The number of fused-ring (bicyclic) bond motifs is 1. The summed E-state index contributed by atoms with van der Waals surface area (Å²) in [6.45, 7) is 5.94. The lowest BCUT2D eigenvalue weighted by Crippen LogP contribution is -3.13. The molecule has 0 spiro atoms. The fraction of sp³-hybridized carbons (Fsp3) is 0.417. The first-order chi connectivity index (χ1) is 14.7. The standard InChI is InChI=1S/C24H27N3O3/c28-23-5-2-9-27(23)21-4-1-3-20(16-21)24(29)26-12-10-25(11-13-26)17-18-6-7-22-19(15-18)8-14-30-22/h1,3-4,6-7,15-16H,2,5,8-14,17H2/p+1. The number of quaternary nitrogens is 1. The van der Waals surface area contributed by atoms with Crippen molar-refractivity contribution in [1.29, 1.82) is 0 Å². The van der Waals surface area contributed by atoms with Crippen molar-refractivity contribution in [1.82, 2.24) is 4.90 Å². The van der Waals surface area contributed by atoms with Crippen LogP contribution < -0.4 is 14.5 Å². The highest BCUT2D eigenvalue weighted by Crippen LogP contribution is 2.26. The van der Waals surface area contributed by atoms with Crippen molar-refractivity contribution in [2.75, 3.05) is 44.2 Å². The number of hydrogen-bond donors (Lipinski definition) is 1. The van der Waals surface area contributed by atoms with Gasteiger partial charge in [-0.25, -0.2) is 0 Å². The van der Waals surface area contributed by atoms with Gasteiger partial charge in [0.1, 0.15) is 12.3 Å². The van der Waals surface area contributed by atoms with Gasteiger partial charge in [0.15, 0.2) is 0 Å². The van der Waals surface area contributed by atoms with Gasteiger partial charge < -0.3 is 19.4 Å². The quantitative estimate of drug-likeness (QED) is 0.833. The highest BCUT2D eigenvalue weighted by atomic mass is 16.5. The molecule has 2 fully saturated rings. The molecule has 0 unspecified atom stereocenters. The molecule has 2 aromatic rings. The number of carbonyl (C=O) groups excluding carboxylic acids is 2. The molecule has 2 aromatic carbocycles. The van der Waals surface area contributed by atoms with Crippen LogP contribution in [0.2, 0.25) is 0 Å². The van der Waals surface area contributed by atoms with E-state index in [0.717, 1.165) is 70.2 Å². The predicted molar refractivity (Wildman–Crippen MR) is 114 cm³/mol. The number of hydrogen-bond acceptors (Lipinski definition) is 3. The highest BCUT2D eigenvalue weighted by Gasteiger charge is 2.27. The zero-order chi connectivity index (χ0) is 20.5. The van der Waals surface area contributed by atoms with Crippen molar-refractivity contribution in [3.8, 4) is 5.75 Å². The highest BCUT2D eigenvalue weighted by molar-refractivity contribution is 5.99. The molecule has 3 aliphatic heterocycles. The summed E-state index contributed by atoms with van der Waals surface area (Å²) in [4.78, 5) is 30.3. The SMILES string of the molecule is O=C(c1cccc(N2CCCC2=O)c1)N1CC[NH+](Cc2ccc3c(c2)CCO3)CC1. The van der Waals surface area contributed by atoms with Gasteiger partial charge >= 0.3 is 0 Å². The first kappa shape index (κ1) is 19.1. The molecule has 0 aliphatic carbocycles. The van der Waals surface area contributed by atoms with Gasteiger partial charge in [0.2, 0.25) is 5.91 Å². The second kappa shape index (κ2) is 8.11. The van der Waals surface area contributed by atoms with Gasteiger partial charge in [-0.05, 0) is 48.4 Å². The molecule has 1 N–H and O–H groups in total.